The van der Waals surface area contributed by atoms with Crippen molar-refractivity contribution in [2.24, 2.45) is 4.99 Å². The van der Waals surface area contributed by atoms with E-state index in [9.17, 15) is 9.90 Å². The predicted molar refractivity (Wildman–Crippen MR) is 132 cm³/mol. The molecule has 0 aromatic heterocycles. The number of carbonyl (C=O) groups excluding carboxylic acids is 1. The van der Waals surface area contributed by atoms with Crippen LogP contribution in [-0.2, 0) is 17.8 Å². The summed E-state index contributed by atoms with van der Waals surface area (Å²) in [7, 11) is 0. The van der Waals surface area contributed by atoms with Crippen LogP contribution in [0.2, 0.25) is 5.02 Å². The Morgan fingerprint density at radius 1 is 1.07 bits per heavy atom. The topological polar surface area (TPSA) is 68.2 Å². The van der Waals surface area contributed by atoms with Crippen molar-refractivity contribution in [2.75, 3.05) is 32.7 Å². The number of halogens is 2. The molecule has 1 fully saturated rings. The molecule has 162 valence electrons. The Hall–Kier alpha value is -2.00. The first-order valence-corrected chi connectivity index (χ1v) is 10.3. The lowest BCUT2D eigenvalue weighted by Gasteiger charge is -2.36. The summed E-state index contributed by atoms with van der Waals surface area (Å²) in [5.41, 5.74) is 1.97. The number of benzene rings is 2. The number of amides is 1. The molecule has 1 aliphatic heterocycles. The average Bonchev–Trinajstić information content (AvgIpc) is 2.72. The third-order valence-corrected chi connectivity index (χ3v) is 5.09. The fourth-order valence-corrected chi connectivity index (χ4v) is 3.51. The summed E-state index contributed by atoms with van der Waals surface area (Å²) in [5.74, 6) is 1.23. The summed E-state index contributed by atoms with van der Waals surface area (Å²) in [6.45, 7) is 6.18. The van der Waals surface area contributed by atoms with E-state index in [0.717, 1.165) is 36.7 Å². The Bertz CT molecular complexity index is 852. The molecule has 6 nitrogen and oxygen atoms in total. The van der Waals surface area contributed by atoms with E-state index in [0.29, 0.717) is 31.1 Å². The molecule has 2 N–H and O–H groups in total. The van der Waals surface area contributed by atoms with Gasteiger partial charge in [0, 0.05) is 37.7 Å². The molecule has 1 amide bonds. The molecule has 3 rings (SSSR count). The van der Waals surface area contributed by atoms with E-state index >= 15 is 0 Å². The van der Waals surface area contributed by atoms with Crippen molar-refractivity contribution in [3.8, 4) is 5.75 Å². The van der Waals surface area contributed by atoms with Crippen molar-refractivity contribution in [1.29, 1.82) is 0 Å². The molecule has 0 saturated carbocycles. The minimum absolute atomic E-state index is 0. The lowest BCUT2D eigenvalue weighted by Crippen LogP contribution is -2.54. The van der Waals surface area contributed by atoms with Crippen LogP contribution in [0.5, 0.6) is 5.75 Å². The maximum absolute atomic E-state index is 12.6. The molecule has 0 spiro atoms. The van der Waals surface area contributed by atoms with Gasteiger partial charge in [-0.2, -0.15) is 0 Å². The second-order valence-corrected chi connectivity index (χ2v) is 7.45. The highest BCUT2D eigenvalue weighted by Gasteiger charge is 2.23. The molecule has 0 atom stereocenters. The van der Waals surface area contributed by atoms with Crippen LogP contribution in [0.4, 0.5) is 0 Å². The number of guanidine groups is 1. The fourth-order valence-electron chi connectivity index (χ4n) is 3.29. The predicted octanol–water partition coefficient (Wildman–Crippen LogP) is 3.52. The number of rotatable bonds is 5. The number of phenols is 1. The zero-order chi connectivity index (χ0) is 20.6. The molecule has 0 bridgehead atoms. The van der Waals surface area contributed by atoms with Gasteiger partial charge in [0.2, 0.25) is 5.91 Å². The molecular weight excluding hydrogens is 515 g/mol. The number of hydrogen-bond donors (Lipinski definition) is 2. The van der Waals surface area contributed by atoms with Crippen LogP contribution < -0.4 is 5.32 Å². The van der Waals surface area contributed by atoms with E-state index in [4.69, 9.17) is 16.6 Å². The Morgan fingerprint density at radius 3 is 2.37 bits per heavy atom. The number of nitrogens with zero attached hydrogens (tertiary/aromatic N) is 3. The highest BCUT2D eigenvalue weighted by atomic mass is 127. The van der Waals surface area contributed by atoms with Crippen LogP contribution in [0.3, 0.4) is 0 Å². The van der Waals surface area contributed by atoms with Crippen molar-refractivity contribution in [1.82, 2.24) is 15.1 Å². The van der Waals surface area contributed by atoms with Gasteiger partial charge in [0.1, 0.15) is 5.75 Å². The zero-order valence-electron chi connectivity index (χ0n) is 17.1. The summed E-state index contributed by atoms with van der Waals surface area (Å²) >= 11 is 6.02. The number of phenolic OH excluding ortho intramolecular Hbond substituents is 1. The number of aromatic hydroxyl groups is 1. The van der Waals surface area contributed by atoms with Crippen LogP contribution in [0, 0.1) is 0 Å². The van der Waals surface area contributed by atoms with Gasteiger partial charge < -0.3 is 20.2 Å². The molecule has 30 heavy (non-hydrogen) atoms. The van der Waals surface area contributed by atoms with Gasteiger partial charge in [0.15, 0.2) is 5.96 Å². The second kappa shape index (κ2) is 12.0. The lowest BCUT2D eigenvalue weighted by molar-refractivity contribution is -0.131. The molecule has 2 aromatic carbocycles. The van der Waals surface area contributed by atoms with Gasteiger partial charge in [-0.05, 0) is 42.3 Å². The quantitative estimate of drug-likeness (QED) is 0.345. The summed E-state index contributed by atoms with van der Waals surface area (Å²) in [6, 6.07) is 14.5. The molecule has 1 heterocycles. The monoisotopic (exact) mass is 542 g/mol. The van der Waals surface area contributed by atoms with Crippen LogP contribution in [0.15, 0.2) is 53.5 Å². The molecule has 8 heteroatoms. The van der Waals surface area contributed by atoms with E-state index in [1.807, 2.05) is 48.2 Å². The summed E-state index contributed by atoms with van der Waals surface area (Å²) < 4.78 is 0. The van der Waals surface area contributed by atoms with Gasteiger partial charge in [-0.15, -0.1) is 24.0 Å². The van der Waals surface area contributed by atoms with E-state index < -0.39 is 0 Å². The van der Waals surface area contributed by atoms with Gasteiger partial charge >= 0.3 is 0 Å². The minimum Gasteiger partial charge on any atom is -0.508 e. The number of piperazine rings is 1. The van der Waals surface area contributed by atoms with Crippen molar-refractivity contribution in [2.45, 2.75) is 19.9 Å². The molecule has 0 unspecified atom stereocenters. The van der Waals surface area contributed by atoms with Gasteiger partial charge in [-0.3, -0.25) is 4.79 Å². The van der Waals surface area contributed by atoms with Crippen molar-refractivity contribution in [3.05, 3.63) is 64.7 Å². The number of aliphatic imine (C=N–C) groups is 1. The first-order valence-electron chi connectivity index (χ1n) is 9.88. The Kier molecular flexibility index (Phi) is 9.71. The van der Waals surface area contributed by atoms with Gasteiger partial charge in [0.25, 0.3) is 0 Å². The minimum atomic E-state index is 0. The lowest BCUT2D eigenvalue weighted by atomic mass is 10.1. The molecule has 2 aromatic rings. The van der Waals surface area contributed by atoms with Crippen molar-refractivity contribution in [3.63, 3.8) is 0 Å². The smallest absolute Gasteiger partial charge is 0.227 e. The maximum atomic E-state index is 12.6. The molecule has 0 aliphatic carbocycles. The highest BCUT2D eigenvalue weighted by molar-refractivity contribution is 14.0. The van der Waals surface area contributed by atoms with Crippen molar-refractivity contribution < 1.29 is 9.90 Å². The third-order valence-electron chi connectivity index (χ3n) is 4.86. The third kappa shape index (κ3) is 7.05. The highest BCUT2D eigenvalue weighted by Crippen LogP contribution is 2.14. The van der Waals surface area contributed by atoms with Crippen LogP contribution >= 0.6 is 35.6 Å². The number of carbonyl (C=O) groups is 1. The van der Waals surface area contributed by atoms with Gasteiger partial charge in [-0.1, -0.05) is 35.9 Å². The second-order valence-electron chi connectivity index (χ2n) is 7.01. The van der Waals surface area contributed by atoms with Crippen LogP contribution in [0.25, 0.3) is 0 Å². The Labute approximate surface area is 199 Å². The van der Waals surface area contributed by atoms with Gasteiger partial charge in [0.05, 0.1) is 13.0 Å². The summed E-state index contributed by atoms with van der Waals surface area (Å²) in [5, 5.41) is 13.4. The molecular formula is C22H28ClIN4O2. The zero-order valence-corrected chi connectivity index (χ0v) is 20.1. The first kappa shape index (κ1) is 24.3. The SMILES string of the molecule is CCNC(=NCc1ccc(O)cc1)N1CCN(C(=O)Cc2cccc(Cl)c2)CC1.I. The maximum Gasteiger partial charge on any atom is 0.227 e. The molecule has 1 aliphatic rings. The van der Waals surface area contributed by atoms with Crippen LogP contribution in [0.1, 0.15) is 18.1 Å². The van der Waals surface area contributed by atoms with Crippen LogP contribution in [-0.4, -0.2) is 59.5 Å². The molecule has 1 saturated heterocycles. The first-order chi connectivity index (χ1) is 14.0. The largest absolute Gasteiger partial charge is 0.508 e. The Balaban J connectivity index is 0.00000320. The Morgan fingerprint density at radius 2 is 1.73 bits per heavy atom. The summed E-state index contributed by atoms with van der Waals surface area (Å²) in [6.07, 6.45) is 0.371. The number of nitrogens with one attached hydrogen (secondary N) is 1. The van der Waals surface area contributed by atoms with E-state index in [1.54, 1.807) is 12.1 Å². The standard InChI is InChI=1S/C22H27ClN4O2.HI/c1-2-24-22(25-16-17-6-8-20(28)9-7-17)27-12-10-26(11-13-27)21(29)15-18-4-3-5-19(23)14-18;/h3-9,14,28H,2,10-13,15-16H2,1H3,(H,24,25);1H. The fraction of sp³-hybridized carbons (Fsp3) is 0.364. The van der Waals surface area contributed by atoms with Gasteiger partial charge in [-0.25, -0.2) is 4.99 Å². The van der Waals surface area contributed by atoms with Crippen molar-refractivity contribution >= 4 is 47.4 Å². The van der Waals surface area contributed by atoms with E-state index in [-0.39, 0.29) is 35.6 Å². The number of hydrogen-bond acceptors (Lipinski definition) is 3. The van der Waals surface area contributed by atoms with E-state index in [2.05, 4.69) is 10.2 Å². The molecule has 0 radical (unpaired) electrons. The normalized spacial score (nSPS) is 14.3. The average molecular weight is 543 g/mol. The van der Waals surface area contributed by atoms with E-state index in [1.165, 1.54) is 0 Å². The summed E-state index contributed by atoms with van der Waals surface area (Å²) in [4.78, 5) is 21.4.